The van der Waals surface area contributed by atoms with E-state index in [1.807, 2.05) is 42.5 Å². The second kappa shape index (κ2) is 8.32. The second-order valence-corrected chi connectivity index (χ2v) is 5.39. The normalized spacial score (nSPS) is 10.5. The first-order valence-electron chi connectivity index (χ1n) is 7.70. The van der Waals surface area contributed by atoms with Crippen molar-refractivity contribution in [3.63, 3.8) is 0 Å². The lowest BCUT2D eigenvalue weighted by molar-refractivity contribution is 0.239. The molecule has 0 N–H and O–H groups in total. The monoisotopic (exact) mass is 300 g/mol. The van der Waals surface area contributed by atoms with Crippen LogP contribution in [-0.2, 0) is 0 Å². The van der Waals surface area contributed by atoms with Crippen LogP contribution >= 0.6 is 0 Å². The molecule has 2 aromatic carbocycles. The van der Waals surface area contributed by atoms with Gasteiger partial charge in [-0.1, -0.05) is 44.2 Å². The van der Waals surface area contributed by atoms with Gasteiger partial charge in [0.2, 0.25) is 0 Å². The zero-order chi connectivity index (χ0) is 15.8. The maximum absolute atomic E-state index is 5.88. The van der Waals surface area contributed by atoms with E-state index in [1.165, 1.54) is 5.56 Å². The van der Waals surface area contributed by atoms with Gasteiger partial charge in [0.25, 0.3) is 0 Å². The van der Waals surface area contributed by atoms with Crippen LogP contribution in [0.2, 0.25) is 0 Å². The molecule has 0 radical (unpaired) electrons. The summed E-state index contributed by atoms with van der Waals surface area (Å²) in [7, 11) is 1.65. The van der Waals surface area contributed by atoms with E-state index in [9.17, 15) is 0 Å². The molecule has 0 unspecified atom stereocenters. The standard InChI is InChI=1S/C19H24O3/c1-15(2)16-9-4-5-10-17(16)21-13-8-14-22-19-12-7-6-11-18(19)20-3/h4-7,9-12,15H,8,13-14H2,1-3H3. The topological polar surface area (TPSA) is 27.7 Å². The molecule has 0 heterocycles. The quantitative estimate of drug-likeness (QED) is 0.663. The summed E-state index contributed by atoms with van der Waals surface area (Å²) < 4.78 is 16.9. The third-order valence-corrected chi connectivity index (χ3v) is 3.41. The summed E-state index contributed by atoms with van der Waals surface area (Å²) in [6.07, 6.45) is 0.824. The van der Waals surface area contributed by atoms with Crippen LogP contribution in [0.15, 0.2) is 48.5 Å². The minimum atomic E-state index is 0.459. The van der Waals surface area contributed by atoms with E-state index in [0.29, 0.717) is 19.1 Å². The molecule has 0 aromatic heterocycles. The number of methoxy groups -OCH3 is 1. The van der Waals surface area contributed by atoms with Crippen LogP contribution in [0, 0.1) is 0 Å². The summed E-state index contributed by atoms with van der Waals surface area (Å²) in [5.41, 5.74) is 1.24. The van der Waals surface area contributed by atoms with Gasteiger partial charge in [-0.3, -0.25) is 0 Å². The molecule has 2 aromatic rings. The fourth-order valence-corrected chi connectivity index (χ4v) is 2.25. The molecule has 0 atom stereocenters. The van der Waals surface area contributed by atoms with E-state index in [1.54, 1.807) is 7.11 Å². The Morgan fingerprint density at radius 2 is 1.32 bits per heavy atom. The van der Waals surface area contributed by atoms with Crippen molar-refractivity contribution >= 4 is 0 Å². The predicted molar refractivity (Wildman–Crippen MR) is 89.1 cm³/mol. The minimum Gasteiger partial charge on any atom is -0.493 e. The van der Waals surface area contributed by atoms with Crippen LogP contribution in [-0.4, -0.2) is 20.3 Å². The number of hydrogen-bond donors (Lipinski definition) is 0. The maximum Gasteiger partial charge on any atom is 0.161 e. The minimum absolute atomic E-state index is 0.459. The number of ether oxygens (including phenoxy) is 3. The summed E-state index contributed by atoms with van der Waals surface area (Å²) in [6.45, 7) is 5.59. The van der Waals surface area contributed by atoms with Gasteiger partial charge in [-0.05, 0) is 29.7 Å². The van der Waals surface area contributed by atoms with Crippen LogP contribution in [0.4, 0.5) is 0 Å². The van der Waals surface area contributed by atoms with Gasteiger partial charge in [-0.2, -0.15) is 0 Å². The van der Waals surface area contributed by atoms with Crippen LogP contribution in [0.25, 0.3) is 0 Å². The van der Waals surface area contributed by atoms with Crippen LogP contribution in [0.1, 0.15) is 31.7 Å². The van der Waals surface area contributed by atoms with Gasteiger partial charge in [0, 0.05) is 6.42 Å². The highest BCUT2D eigenvalue weighted by Gasteiger charge is 2.07. The molecule has 0 amide bonds. The maximum atomic E-state index is 5.88. The molecule has 0 fully saturated rings. The first-order chi connectivity index (χ1) is 10.7. The Kier molecular flexibility index (Phi) is 6.13. The molecule has 0 spiro atoms. The van der Waals surface area contributed by atoms with E-state index < -0.39 is 0 Å². The molecule has 0 aliphatic carbocycles. The largest absolute Gasteiger partial charge is 0.493 e. The Hall–Kier alpha value is -2.16. The second-order valence-electron chi connectivity index (χ2n) is 5.39. The number of hydrogen-bond acceptors (Lipinski definition) is 3. The van der Waals surface area contributed by atoms with Crippen molar-refractivity contribution in [2.75, 3.05) is 20.3 Å². The lowest BCUT2D eigenvalue weighted by atomic mass is 10.0. The molecule has 0 saturated heterocycles. The van der Waals surface area contributed by atoms with Crippen LogP contribution in [0.3, 0.4) is 0 Å². The average Bonchev–Trinajstić information content (AvgIpc) is 2.55. The molecule has 0 aliphatic heterocycles. The summed E-state index contributed by atoms with van der Waals surface area (Å²) >= 11 is 0. The van der Waals surface area contributed by atoms with E-state index >= 15 is 0 Å². The van der Waals surface area contributed by atoms with Gasteiger partial charge in [0.05, 0.1) is 20.3 Å². The van der Waals surface area contributed by atoms with E-state index in [2.05, 4.69) is 19.9 Å². The zero-order valence-electron chi connectivity index (χ0n) is 13.5. The van der Waals surface area contributed by atoms with Gasteiger partial charge in [-0.25, -0.2) is 0 Å². The molecule has 3 heteroatoms. The Morgan fingerprint density at radius 3 is 1.95 bits per heavy atom. The van der Waals surface area contributed by atoms with Crippen LogP contribution in [0.5, 0.6) is 17.2 Å². The third kappa shape index (κ3) is 4.42. The highest BCUT2D eigenvalue weighted by atomic mass is 16.5. The first kappa shape index (κ1) is 16.2. The molecule has 0 aliphatic rings. The fourth-order valence-electron chi connectivity index (χ4n) is 2.25. The van der Waals surface area contributed by atoms with Gasteiger partial charge < -0.3 is 14.2 Å². The van der Waals surface area contributed by atoms with Gasteiger partial charge in [0.15, 0.2) is 11.5 Å². The lowest BCUT2D eigenvalue weighted by Crippen LogP contribution is -2.07. The molecular weight excluding hydrogens is 276 g/mol. The molecule has 3 nitrogen and oxygen atoms in total. The van der Waals surface area contributed by atoms with E-state index in [0.717, 1.165) is 23.7 Å². The summed E-state index contributed by atoms with van der Waals surface area (Å²) in [5.74, 6) is 2.96. The average molecular weight is 300 g/mol. The smallest absolute Gasteiger partial charge is 0.161 e. The van der Waals surface area contributed by atoms with Gasteiger partial charge in [-0.15, -0.1) is 0 Å². The van der Waals surface area contributed by atoms with E-state index in [-0.39, 0.29) is 0 Å². The van der Waals surface area contributed by atoms with Gasteiger partial charge in [0.1, 0.15) is 5.75 Å². The Labute approximate surface area is 132 Å². The Balaban J connectivity index is 1.78. The highest BCUT2D eigenvalue weighted by Crippen LogP contribution is 2.27. The Bertz CT molecular complexity index is 578. The molecule has 2 rings (SSSR count). The van der Waals surface area contributed by atoms with Crippen molar-refractivity contribution in [3.05, 3.63) is 54.1 Å². The summed E-state index contributed by atoms with van der Waals surface area (Å²) in [5, 5.41) is 0. The summed E-state index contributed by atoms with van der Waals surface area (Å²) in [4.78, 5) is 0. The van der Waals surface area contributed by atoms with Crippen LogP contribution < -0.4 is 14.2 Å². The number of para-hydroxylation sites is 3. The van der Waals surface area contributed by atoms with Crippen molar-refractivity contribution in [3.8, 4) is 17.2 Å². The molecule has 0 saturated carbocycles. The molecule has 22 heavy (non-hydrogen) atoms. The highest BCUT2D eigenvalue weighted by molar-refractivity contribution is 5.39. The zero-order valence-corrected chi connectivity index (χ0v) is 13.5. The number of rotatable bonds is 8. The predicted octanol–water partition coefficient (Wildman–Crippen LogP) is 4.67. The lowest BCUT2D eigenvalue weighted by Gasteiger charge is -2.14. The van der Waals surface area contributed by atoms with Crippen molar-refractivity contribution in [1.29, 1.82) is 0 Å². The van der Waals surface area contributed by atoms with Crippen molar-refractivity contribution in [2.45, 2.75) is 26.2 Å². The van der Waals surface area contributed by atoms with Gasteiger partial charge >= 0.3 is 0 Å². The number of benzene rings is 2. The van der Waals surface area contributed by atoms with Crippen molar-refractivity contribution in [1.82, 2.24) is 0 Å². The SMILES string of the molecule is COc1ccccc1OCCCOc1ccccc1C(C)C. The van der Waals surface area contributed by atoms with Crippen molar-refractivity contribution in [2.24, 2.45) is 0 Å². The summed E-state index contributed by atoms with van der Waals surface area (Å²) in [6, 6.07) is 15.9. The molecule has 118 valence electrons. The molecule has 0 bridgehead atoms. The molecular formula is C19H24O3. The first-order valence-corrected chi connectivity index (χ1v) is 7.70. The fraction of sp³-hybridized carbons (Fsp3) is 0.368. The third-order valence-electron chi connectivity index (χ3n) is 3.41. The Morgan fingerprint density at radius 1 is 0.773 bits per heavy atom. The van der Waals surface area contributed by atoms with Crippen molar-refractivity contribution < 1.29 is 14.2 Å². The van der Waals surface area contributed by atoms with E-state index in [4.69, 9.17) is 14.2 Å².